The van der Waals surface area contributed by atoms with E-state index in [0.29, 0.717) is 0 Å². The molecule has 6 nitrogen and oxygen atoms in total. The fraction of sp³-hybridized carbons (Fsp3) is 0.111. The van der Waals surface area contributed by atoms with Gasteiger partial charge in [-0.15, -0.1) is 0 Å². The van der Waals surface area contributed by atoms with Gasteiger partial charge in [0.2, 0.25) is 6.20 Å². The summed E-state index contributed by atoms with van der Waals surface area (Å²) in [4.78, 5) is 3.09. The van der Waals surface area contributed by atoms with Crippen molar-refractivity contribution in [2.75, 3.05) is 0 Å². The molecule has 1 aliphatic rings. The van der Waals surface area contributed by atoms with E-state index in [-0.39, 0.29) is 0 Å². The van der Waals surface area contributed by atoms with Crippen molar-refractivity contribution in [1.29, 1.82) is 0 Å². The summed E-state index contributed by atoms with van der Waals surface area (Å²) in [6, 6.07) is 3.77. The molecule has 0 bridgehead atoms. The SMILES string of the molecule is OB(O)O[n+]1cccc2c1-c1[nH]cc[n+]1C2. The fourth-order valence-electron chi connectivity index (χ4n) is 1.99. The van der Waals surface area contributed by atoms with Gasteiger partial charge in [0.1, 0.15) is 18.9 Å². The number of pyridine rings is 1. The maximum absolute atomic E-state index is 8.83. The summed E-state index contributed by atoms with van der Waals surface area (Å²) < 4.78 is 8.26. The van der Waals surface area contributed by atoms with Crippen molar-refractivity contribution in [3.05, 3.63) is 36.3 Å². The van der Waals surface area contributed by atoms with Crippen LogP contribution >= 0.6 is 0 Å². The van der Waals surface area contributed by atoms with Crippen molar-refractivity contribution < 1.29 is 24.1 Å². The zero-order chi connectivity index (χ0) is 11.1. The molecule has 7 heteroatoms. The molecule has 0 fully saturated rings. The number of fused-ring (bicyclic) bond motifs is 3. The zero-order valence-electron chi connectivity index (χ0n) is 8.37. The molecular formula is C9H10BN3O3+2. The van der Waals surface area contributed by atoms with Crippen LogP contribution in [0.3, 0.4) is 0 Å². The molecule has 1 aliphatic heterocycles. The van der Waals surface area contributed by atoms with Crippen LogP contribution < -0.4 is 14.1 Å². The van der Waals surface area contributed by atoms with Gasteiger partial charge in [0.15, 0.2) is 0 Å². The Hall–Kier alpha value is -1.86. The molecule has 16 heavy (non-hydrogen) atoms. The monoisotopic (exact) mass is 219 g/mol. The quantitative estimate of drug-likeness (QED) is 0.345. The Kier molecular flexibility index (Phi) is 1.95. The average Bonchev–Trinajstić information content (AvgIpc) is 2.75. The van der Waals surface area contributed by atoms with Crippen molar-refractivity contribution in [3.63, 3.8) is 0 Å². The van der Waals surface area contributed by atoms with Gasteiger partial charge in [0.05, 0.1) is 5.56 Å². The lowest BCUT2D eigenvalue weighted by Crippen LogP contribution is -2.52. The summed E-state index contributed by atoms with van der Waals surface area (Å²) in [5.41, 5.74) is 1.87. The predicted octanol–water partition coefficient (Wildman–Crippen LogP) is -1.98. The first-order chi connectivity index (χ1) is 7.75. The molecule has 3 rings (SSSR count). The topological polar surface area (TPSA) is 73.2 Å². The van der Waals surface area contributed by atoms with Crippen LogP contribution in [0.2, 0.25) is 0 Å². The molecule has 2 aromatic rings. The number of aromatic amines is 1. The summed E-state index contributed by atoms with van der Waals surface area (Å²) in [5.74, 6) is 0.885. The molecule has 0 saturated carbocycles. The van der Waals surface area contributed by atoms with Crippen LogP contribution in [0, 0.1) is 0 Å². The molecule has 0 aliphatic carbocycles. The lowest BCUT2D eigenvalue weighted by Gasteiger charge is -1.97. The van der Waals surface area contributed by atoms with E-state index >= 15 is 0 Å². The second-order valence-electron chi connectivity index (χ2n) is 3.58. The van der Waals surface area contributed by atoms with Gasteiger partial charge in [0.25, 0.3) is 0 Å². The van der Waals surface area contributed by atoms with Crippen LogP contribution in [0.15, 0.2) is 30.7 Å². The number of hydrogen-bond acceptors (Lipinski definition) is 3. The maximum atomic E-state index is 8.83. The minimum absolute atomic E-state index is 0.750. The molecule has 0 atom stereocenters. The Bertz CT molecular complexity index is 541. The molecule has 2 aromatic heterocycles. The largest absolute Gasteiger partial charge is 0.771 e. The van der Waals surface area contributed by atoms with Crippen molar-refractivity contribution in [1.82, 2.24) is 4.98 Å². The molecule has 0 radical (unpaired) electrons. The lowest BCUT2D eigenvalue weighted by atomic mass is 10.2. The number of rotatable bonds is 2. The van der Waals surface area contributed by atoms with Gasteiger partial charge in [-0.1, -0.05) is 0 Å². The molecular weight excluding hydrogens is 209 g/mol. The molecule has 3 N–H and O–H groups in total. The first-order valence-corrected chi connectivity index (χ1v) is 4.90. The molecule has 0 amide bonds. The summed E-state index contributed by atoms with van der Waals surface area (Å²) in [6.07, 6.45) is 5.38. The second kappa shape index (κ2) is 3.33. The third-order valence-electron chi connectivity index (χ3n) is 2.58. The van der Waals surface area contributed by atoms with E-state index in [1.54, 1.807) is 12.3 Å². The van der Waals surface area contributed by atoms with E-state index < -0.39 is 7.32 Å². The van der Waals surface area contributed by atoms with E-state index in [4.69, 9.17) is 14.8 Å². The van der Waals surface area contributed by atoms with Gasteiger partial charge in [-0.05, 0) is 6.07 Å². The molecule has 80 valence electrons. The Morgan fingerprint density at radius 1 is 1.38 bits per heavy atom. The number of imidazole rings is 1. The predicted molar refractivity (Wildman–Crippen MR) is 52.5 cm³/mol. The number of hydrogen-bond donors (Lipinski definition) is 3. The van der Waals surface area contributed by atoms with Crippen molar-refractivity contribution >= 4 is 7.32 Å². The molecule has 0 unspecified atom stereocenters. The van der Waals surface area contributed by atoms with Crippen LogP contribution in [-0.2, 0) is 6.54 Å². The van der Waals surface area contributed by atoms with Crippen LogP contribution in [0.1, 0.15) is 5.56 Å². The van der Waals surface area contributed by atoms with E-state index in [1.807, 2.05) is 23.0 Å². The maximum Gasteiger partial charge on any atom is 0.771 e. The third kappa shape index (κ3) is 1.29. The standard InChI is InChI=1S/C9H9BN3O3/c14-10(15)16-13-4-1-2-7-6-12-5-3-11-9(12)8(7)13/h1-5,14-15H,6H2/q+1/p+1. The summed E-state index contributed by atoms with van der Waals surface area (Å²) in [7, 11) is -1.83. The summed E-state index contributed by atoms with van der Waals surface area (Å²) in [6.45, 7) is 0.750. The van der Waals surface area contributed by atoms with Crippen LogP contribution in [0.25, 0.3) is 11.5 Å². The van der Waals surface area contributed by atoms with Crippen LogP contribution in [0.4, 0.5) is 0 Å². The minimum Gasteiger partial charge on any atom is -0.387 e. The smallest absolute Gasteiger partial charge is 0.387 e. The van der Waals surface area contributed by atoms with Gasteiger partial charge in [-0.25, -0.2) is 9.55 Å². The number of aromatic nitrogens is 3. The fourth-order valence-corrected chi connectivity index (χ4v) is 1.99. The molecule has 0 aromatic carbocycles. The number of H-pyrrole nitrogens is 1. The highest BCUT2D eigenvalue weighted by Gasteiger charge is 2.38. The van der Waals surface area contributed by atoms with E-state index in [9.17, 15) is 0 Å². The van der Waals surface area contributed by atoms with Gasteiger partial charge < -0.3 is 10.0 Å². The minimum atomic E-state index is -1.83. The highest BCUT2D eigenvalue weighted by Crippen LogP contribution is 2.19. The Morgan fingerprint density at radius 3 is 3.06 bits per heavy atom. The average molecular weight is 219 g/mol. The number of nitrogens with one attached hydrogen (secondary N) is 1. The first kappa shape index (κ1) is 9.38. The highest BCUT2D eigenvalue weighted by atomic mass is 16.7. The lowest BCUT2D eigenvalue weighted by molar-refractivity contribution is -0.858. The molecule has 0 spiro atoms. The van der Waals surface area contributed by atoms with Crippen molar-refractivity contribution in [3.8, 4) is 11.5 Å². The van der Waals surface area contributed by atoms with Crippen molar-refractivity contribution in [2.24, 2.45) is 0 Å². The van der Waals surface area contributed by atoms with E-state index in [1.165, 1.54) is 4.73 Å². The third-order valence-corrected chi connectivity index (χ3v) is 2.58. The summed E-state index contributed by atoms with van der Waals surface area (Å²) in [5, 5.41) is 17.7. The highest BCUT2D eigenvalue weighted by molar-refractivity contribution is 6.32. The van der Waals surface area contributed by atoms with Crippen LogP contribution in [0.5, 0.6) is 0 Å². The Morgan fingerprint density at radius 2 is 2.25 bits per heavy atom. The number of nitrogens with zero attached hydrogens (tertiary/aromatic N) is 2. The molecule has 0 saturated heterocycles. The Balaban J connectivity index is 2.14. The van der Waals surface area contributed by atoms with Gasteiger partial charge in [-0.3, -0.25) is 4.76 Å². The van der Waals surface area contributed by atoms with Gasteiger partial charge in [-0.2, -0.15) is 0 Å². The van der Waals surface area contributed by atoms with Gasteiger partial charge in [0, 0.05) is 10.8 Å². The zero-order valence-corrected chi connectivity index (χ0v) is 8.37. The van der Waals surface area contributed by atoms with Crippen molar-refractivity contribution in [2.45, 2.75) is 6.54 Å². The van der Waals surface area contributed by atoms with E-state index in [0.717, 1.165) is 23.6 Å². The normalized spacial score (nSPS) is 12.1. The van der Waals surface area contributed by atoms with Gasteiger partial charge >= 0.3 is 18.8 Å². The Labute approximate surface area is 91.5 Å². The van der Waals surface area contributed by atoms with Crippen LogP contribution in [-0.4, -0.2) is 22.4 Å². The van der Waals surface area contributed by atoms with E-state index in [2.05, 4.69) is 4.98 Å². The summed E-state index contributed by atoms with van der Waals surface area (Å²) >= 11 is 0. The second-order valence-corrected chi connectivity index (χ2v) is 3.58. The first-order valence-electron chi connectivity index (χ1n) is 4.90. The molecule has 3 heterocycles.